The molecule has 3 aromatic rings. The molecule has 2 unspecified atom stereocenters. The summed E-state index contributed by atoms with van der Waals surface area (Å²) in [6.45, 7) is 3.47. The van der Waals surface area contributed by atoms with Crippen LogP contribution in [0, 0.1) is 12.8 Å². The van der Waals surface area contributed by atoms with E-state index in [0.29, 0.717) is 25.2 Å². The molecule has 3 N–H and O–H groups in total. The summed E-state index contributed by atoms with van der Waals surface area (Å²) >= 11 is 0. The molecule has 1 aliphatic rings. The largest absolute Gasteiger partial charge is 0.459 e. The monoisotopic (exact) mass is 405 g/mol. The number of hydrogen-bond acceptors (Lipinski definition) is 6. The van der Waals surface area contributed by atoms with E-state index in [1.54, 1.807) is 6.92 Å². The van der Waals surface area contributed by atoms with E-state index in [9.17, 15) is 13.2 Å². The Morgan fingerprint density at radius 2 is 2.03 bits per heavy atom. The molecule has 1 saturated heterocycles. The summed E-state index contributed by atoms with van der Waals surface area (Å²) in [5, 5.41) is 4.36. The van der Waals surface area contributed by atoms with Gasteiger partial charge in [0.1, 0.15) is 22.9 Å². The summed E-state index contributed by atoms with van der Waals surface area (Å²) < 4.78 is 44.6. The minimum Gasteiger partial charge on any atom is -0.459 e. The Hall–Kier alpha value is -2.49. The van der Waals surface area contributed by atoms with Gasteiger partial charge in [-0.1, -0.05) is 18.2 Å². The second-order valence-electron chi connectivity index (χ2n) is 7.21. The highest BCUT2D eigenvalue weighted by molar-refractivity contribution is 5.77. The van der Waals surface area contributed by atoms with E-state index in [1.165, 1.54) is 0 Å². The maximum Gasteiger partial charge on any atom is 0.433 e. The van der Waals surface area contributed by atoms with Gasteiger partial charge in [0, 0.05) is 43.1 Å². The lowest BCUT2D eigenvalue weighted by Gasteiger charge is -2.17. The first-order valence-corrected chi connectivity index (χ1v) is 9.49. The van der Waals surface area contributed by atoms with Crippen LogP contribution in [0.2, 0.25) is 0 Å². The van der Waals surface area contributed by atoms with Crippen LogP contribution in [0.25, 0.3) is 11.0 Å². The van der Waals surface area contributed by atoms with Gasteiger partial charge < -0.3 is 9.73 Å². The Labute approximate surface area is 165 Å². The van der Waals surface area contributed by atoms with E-state index < -0.39 is 11.9 Å². The number of nitrogens with zero attached hydrogens (tertiary/aromatic N) is 2. The molecule has 0 bridgehead atoms. The topological polar surface area (TPSA) is 75.0 Å². The second-order valence-corrected chi connectivity index (χ2v) is 7.21. The van der Waals surface area contributed by atoms with Crippen LogP contribution in [0.3, 0.4) is 0 Å². The predicted octanol–water partition coefficient (Wildman–Crippen LogP) is 3.15. The third-order valence-electron chi connectivity index (χ3n) is 4.97. The zero-order valence-electron chi connectivity index (χ0n) is 15.9. The first-order valence-electron chi connectivity index (χ1n) is 9.49. The molecule has 0 amide bonds. The zero-order chi connectivity index (χ0) is 20.4. The van der Waals surface area contributed by atoms with Crippen molar-refractivity contribution in [3.63, 3.8) is 0 Å². The average molecular weight is 405 g/mol. The number of hydrogen-bond donors (Lipinski definition) is 3. The van der Waals surface area contributed by atoms with E-state index in [-0.39, 0.29) is 17.8 Å². The number of rotatable bonds is 6. The number of benzene rings is 1. The highest BCUT2D eigenvalue weighted by atomic mass is 19.4. The lowest BCUT2D eigenvalue weighted by atomic mass is 9.99. The lowest BCUT2D eigenvalue weighted by Crippen LogP contribution is -2.30. The Bertz CT molecular complexity index is 955. The second kappa shape index (κ2) is 8.10. The van der Waals surface area contributed by atoms with Crippen molar-refractivity contribution in [2.24, 2.45) is 5.92 Å². The van der Waals surface area contributed by atoms with E-state index in [1.807, 2.05) is 30.3 Å². The van der Waals surface area contributed by atoms with Crippen molar-refractivity contribution >= 4 is 11.0 Å². The molecule has 2 atom stereocenters. The first kappa shape index (κ1) is 19.8. The molecule has 154 valence electrons. The van der Waals surface area contributed by atoms with Crippen molar-refractivity contribution in [1.29, 1.82) is 0 Å². The standard InChI is InChI=1S/C20H22F3N5O/c1-12-8-17(20(21,22)23)27-18(26-12)6-7-24-10-14-11-25-28-19(14)16-9-13-4-2-3-5-15(13)29-16/h2-5,8-9,14,19,24-25,28H,6-7,10-11H2,1H3. The zero-order valence-corrected chi connectivity index (χ0v) is 15.9. The molecule has 1 aliphatic heterocycles. The molecular weight excluding hydrogens is 383 g/mol. The van der Waals surface area contributed by atoms with Crippen LogP contribution in [-0.2, 0) is 12.6 Å². The molecule has 0 saturated carbocycles. The number of aryl methyl sites for hydroxylation is 1. The number of hydrazine groups is 1. The Balaban J connectivity index is 1.34. The van der Waals surface area contributed by atoms with Crippen molar-refractivity contribution < 1.29 is 17.6 Å². The van der Waals surface area contributed by atoms with E-state index in [2.05, 4.69) is 26.1 Å². The lowest BCUT2D eigenvalue weighted by molar-refractivity contribution is -0.141. The molecule has 6 nitrogen and oxygen atoms in total. The molecule has 1 fully saturated rings. The van der Waals surface area contributed by atoms with Crippen molar-refractivity contribution in [2.45, 2.75) is 25.6 Å². The number of para-hydroxylation sites is 1. The highest BCUT2D eigenvalue weighted by Crippen LogP contribution is 2.30. The van der Waals surface area contributed by atoms with Crippen LogP contribution in [0.15, 0.2) is 40.8 Å². The summed E-state index contributed by atoms with van der Waals surface area (Å²) in [6.07, 6.45) is -4.13. The maximum atomic E-state index is 12.9. The van der Waals surface area contributed by atoms with Gasteiger partial charge in [0.2, 0.25) is 0 Å². The number of nitrogens with one attached hydrogen (secondary N) is 3. The fraction of sp³-hybridized carbons (Fsp3) is 0.400. The summed E-state index contributed by atoms with van der Waals surface area (Å²) in [5.41, 5.74) is 6.67. The summed E-state index contributed by atoms with van der Waals surface area (Å²) in [7, 11) is 0. The van der Waals surface area contributed by atoms with Gasteiger partial charge >= 0.3 is 6.18 Å². The van der Waals surface area contributed by atoms with Gasteiger partial charge in [-0.15, -0.1) is 0 Å². The smallest absolute Gasteiger partial charge is 0.433 e. The molecule has 0 aliphatic carbocycles. The highest BCUT2D eigenvalue weighted by Gasteiger charge is 2.33. The molecule has 4 rings (SSSR count). The van der Waals surface area contributed by atoms with Gasteiger partial charge in [-0.2, -0.15) is 13.2 Å². The quantitative estimate of drug-likeness (QED) is 0.547. The van der Waals surface area contributed by atoms with Crippen molar-refractivity contribution in [3.8, 4) is 0 Å². The minimum absolute atomic E-state index is 0.0157. The van der Waals surface area contributed by atoms with Gasteiger partial charge in [0.05, 0.1) is 6.04 Å². The Morgan fingerprint density at radius 3 is 2.83 bits per heavy atom. The van der Waals surface area contributed by atoms with E-state index in [4.69, 9.17) is 4.42 Å². The fourth-order valence-electron chi connectivity index (χ4n) is 3.56. The SMILES string of the molecule is Cc1cc(C(F)(F)F)nc(CCNCC2CNNC2c2cc3ccccc3o2)n1. The maximum absolute atomic E-state index is 12.9. The van der Waals surface area contributed by atoms with Crippen molar-refractivity contribution in [2.75, 3.05) is 19.6 Å². The van der Waals surface area contributed by atoms with Crippen LogP contribution >= 0.6 is 0 Å². The first-order chi connectivity index (χ1) is 13.9. The predicted molar refractivity (Wildman–Crippen MR) is 102 cm³/mol. The fourth-order valence-corrected chi connectivity index (χ4v) is 3.56. The molecular formula is C20H22F3N5O. The van der Waals surface area contributed by atoms with Crippen LogP contribution in [-0.4, -0.2) is 29.6 Å². The third-order valence-corrected chi connectivity index (χ3v) is 4.97. The summed E-state index contributed by atoms with van der Waals surface area (Å²) in [6, 6.07) is 10.9. The summed E-state index contributed by atoms with van der Waals surface area (Å²) in [4.78, 5) is 7.76. The van der Waals surface area contributed by atoms with E-state index >= 15 is 0 Å². The molecule has 0 radical (unpaired) electrons. The van der Waals surface area contributed by atoms with Gasteiger partial charge in [-0.25, -0.2) is 15.4 Å². The molecule has 29 heavy (non-hydrogen) atoms. The number of halogens is 3. The van der Waals surface area contributed by atoms with Gasteiger partial charge in [0.15, 0.2) is 0 Å². The number of fused-ring (bicyclic) bond motifs is 1. The molecule has 2 aromatic heterocycles. The number of furan rings is 1. The molecule has 0 spiro atoms. The van der Waals surface area contributed by atoms with Crippen LogP contribution in [0.1, 0.15) is 29.0 Å². The minimum atomic E-state index is -4.46. The third kappa shape index (κ3) is 4.58. The van der Waals surface area contributed by atoms with E-state index in [0.717, 1.165) is 29.3 Å². The Kier molecular flexibility index (Phi) is 5.53. The average Bonchev–Trinajstić information content (AvgIpc) is 3.30. The van der Waals surface area contributed by atoms with Crippen LogP contribution in [0.5, 0.6) is 0 Å². The van der Waals surface area contributed by atoms with Crippen LogP contribution < -0.4 is 16.2 Å². The molecule has 1 aromatic carbocycles. The number of alkyl halides is 3. The van der Waals surface area contributed by atoms with Gasteiger partial charge in [0.25, 0.3) is 0 Å². The van der Waals surface area contributed by atoms with Crippen LogP contribution in [0.4, 0.5) is 13.2 Å². The molecule has 9 heteroatoms. The summed E-state index contributed by atoms with van der Waals surface area (Å²) in [5.74, 6) is 1.29. The molecule has 3 heterocycles. The van der Waals surface area contributed by atoms with Crippen molar-refractivity contribution in [1.82, 2.24) is 26.1 Å². The van der Waals surface area contributed by atoms with Crippen molar-refractivity contribution in [3.05, 3.63) is 59.4 Å². The van der Waals surface area contributed by atoms with Gasteiger partial charge in [-0.05, 0) is 25.1 Å². The van der Waals surface area contributed by atoms with Gasteiger partial charge in [-0.3, -0.25) is 5.43 Å². The Morgan fingerprint density at radius 1 is 1.21 bits per heavy atom. The normalized spacial score (nSPS) is 19.9. The number of aromatic nitrogens is 2.